The first kappa shape index (κ1) is 15.9. The van der Waals surface area contributed by atoms with Gasteiger partial charge in [-0.3, -0.25) is 10.1 Å². The summed E-state index contributed by atoms with van der Waals surface area (Å²) in [7, 11) is 0. The summed E-state index contributed by atoms with van der Waals surface area (Å²) >= 11 is 6.66. The number of benzene rings is 2. The Bertz CT molecular complexity index is 689. The van der Waals surface area contributed by atoms with Crippen molar-refractivity contribution in [3.63, 3.8) is 0 Å². The Morgan fingerprint density at radius 1 is 1.14 bits per heavy atom. The van der Waals surface area contributed by atoms with Crippen molar-refractivity contribution < 1.29 is 14.8 Å². The van der Waals surface area contributed by atoms with Crippen LogP contribution in [0.4, 0.5) is 5.69 Å². The van der Waals surface area contributed by atoms with Gasteiger partial charge >= 0.3 is 0 Å². The van der Waals surface area contributed by atoms with Crippen molar-refractivity contribution in [2.24, 2.45) is 0 Å². The molecule has 7 heteroatoms. The predicted octanol–water partition coefficient (Wildman–Crippen LogP) is 4.97. The number of ether oxygens (including phenoxy) is 1. The number of hydrogen-bond acceptors (Lipinski definition) is 4. The molecule has 0 aliphatic heterocycles. The topological polar surface area (TPSA) is 72.6 Å². The molecule has 0 aromatic heterocycles. The summed E-state index contributed by atoms with van der Waals surface area (Å²) in [4.78, 5) is 10.3. The van der Waals surface area contributed by atoms with Crippen molar-refractivity contribution in [3.05, 3.63) is 61.0 Å². The Balaban J connectivity index is 2.34. The Labute approximate surface area is 138 Å². The molecule has 0 aliphatic rings. The molecule has 1 N–H and O–H groups in total. The number of rotatable bonds is 4. The van der Waals surface area contributed by atoms with E-state index in [1.807, 2.05) is 0 Å². The molecule has 0 saturated carbocycles. The van der Waals surface area contributed by atoms with Gasteiger partial charge in [-0.1, -0.05) is 6.07 Å². The Hall–Kier alpha value is -1.44. The lowest BCUT2D eigenvalue weighted by Crippen LogP contribution is -1.94. The van der Waals surface area contributed by atoms with E-state index >= 15 is 0 Å². The zero-order valence-corrected chi connectivity index (χ0v) is 14.1. The third-order valence-corrected chi connectivity index (χ3v) is 4.06. The molecule has 2 aromatic carbocycles. The van der Waals surface area contributed by atoms with Crippen LogP contribution < -0.4 is 4.74 Å². The summed E-state index contributed by atoms with van der Waals surface area (Å²) in [6.07, 6.45) is -0.583. The second-order valence-corrected chi connectivity index (χ2v) is 6.05. The zero-order valence-electron chi connectivity index (χ0n) is 10.9. The third-order valence-electron chi connectivity index (χ3n) is 2.78. The normalized spacial score (nSPS) is 12.0. The maximum Gasteiger partial charge on any atom is 0.273 e. The minimum atomic E-state index is -0.583. The number of aliphatic hydroxyl groups is 1. The maximum atomic E-state index is 10.8. The molecule has 110 valence electrons. The average Bonchev–Trinajstić information content (AvgIpc) is 2.42. The molecular formula is C14H11Br2NO4. The van der Waals surface area contributed by atoms with E-state index in [0.717, 1.165) is 5.56 Å². The van der Waals surface area contributed by atoms with Crippen molar-refractivity contribution >= 4 is 37.5 Å². The molecule has 0 radical (unpaired) electrons. The molecule has 2 rings (SSSR count). The van der Waals surface area contributed by atoms with Crippen LogP contribution in [0.15, 0.2) is 45.3 Å². The molecule has 0 saturated heterocycles. The summed E-state index contributed by atoms with van der Waals surface area (Å²) in [6.45, 7) is 1.67. The van der Waals surface area contributed by atoms with Crippen molar-refractivity contribution in [2.45, 2.75) is 13.0 Å². The average molecular weight is 417 g/mol. The van der Waals surface area contributed by atoms with Crippen LogP contribution in [0.1, 0.15) is 18.6 Å². The van der Waals surface area contributed by atoms with Gasteiger partial charge in [-0.25, -0.2) is 0 Å². The molecule has 1 atom stereocenters. The second-order valence-electron chi connectivity index (χ2n) is 4.34. The smallest absolute Gasteiger partial charge is 0.273 e. The van der Waals surface area contributed by atoms with Gasteiger partial charge in [0.15, 0.2) is 0 Å². The highest BCUT2D eigenvalue weighted by Crippen LogP contribution is 2.37. The van der Waals surface area contributed by atoms with Crippen molar-refractivity contribution in [1.29, 1.82) is 0 Å². The fraction of sp³-hybridized carbons (Fsp3) is 0.143. The predicted molar refractivity (Wildman–Crippen MR) is 85.6 cm³/mol. The summed E-state index contributed by atoms with van der Waals surface area (Å²) in [5, 5.41) is 20.3. The van der Waals surface area contributed by atoms with Crippen LogP contribution in [0, 0.1) is 10.1 Å². The number of nitro groups is 1. The third kappa shape index (κ3) is 3.81. The van der Waals surface area contributed by atoms with E-state index in [9.17, 15) is 15.2 Å². The number of non-ortho nitro benzene ring substituents is 1. The van der Waals surface area contributed by atoms with Gasteiger partial charge < -0.3 is 9.84 Å². The van der Waals surface area contributed by atoms with Gasteiger partial charge in [0, 0.05) is 6.07 Å². The van der Waals surface area contributed by atoms with Crippen LogP contribution in [0.5, 0.6) is 11.5 Å². The standard InChI is InChI=1S/C14H11Br2NO4/c1-8(18)9-2-5-13(12(16)6-9)21-14-7-10(17(19)20)3-4-11(14)15/h2-8,18H,1H3. The number of nitro benzene ring substituents is 1. The fourth-order valence-corrected chi connectivity index (χ4v) is 2.47. The largest absolute Gasteiger partial charge is 0.455 e. The van der Waals surface area contributed by atoms with Gasteiger partial charge in [0.25, 0.3) is 5.69 Å². The second kappa shape index (κ2) is 6.55. The van der Waals surface area contributed by atoms with Crippen LogP contribution in [0.2, 0.25) is 0 Å². The van der Waals surface area contributed by atoms with Crippen LogP contribution in [-0.4, -0.2) is 10.0 Å². The van der Waals surface area contributed by atoms with Gasteiger partial charge in [-0.2, -0.15) is 0 Å². The lowest BCUT2D eigenvalue weighted by Gasteiger charge is -2.11. The highest BCUT2D eigenvalue weighted by atomic mass is 79.9. The van der Waals surface area contributed by atoms with Gasteiger partial charge in [-0.05, 0) is 62.5 Å². The van der Waals surface area contributed by atoms with Crippen LogP contribution in [-0.2, 0) is 0 Å². The lowest BCUT2D eigenvalue weighted by molar-refractivity contribution is -0.384. The Kier molecular flexibility index (Phi) is 4.97. The fourth-order valence-electron chi connectivity index (χ4n) is 1.66. The van der Waals surface area contributed by atoms with E-state index in [1.54, 1.807) is 31.2 Å². The number of aliphatic hydroxyl groups excluding tert-OH is 1. The highest BCUT2D eigenvalue weighted by Gasteiger charge is 2.13. The monoisotopic (exact) mass is 415 g/mol. The molecule has 2 aromatic rings. The van der Waals surface area contributed by atoms with Crippen LogP contribution in [0.25, 0.3) is 0 Å². The van der Waals surface area contributed by atoms with E-state index in [1.165, 1.54) is 12.1 Å². The van der Waals surface area contributed by atoms with E-state index < -0.39 is 11.0 Å². The van der Waals surface area contributed by atoms with E-state index in [-0.39, 0.29) is 5.69 Å². The summed E-state index contributed by atoms with van der Waals surface area (Å²) in [5.41, 5.74) is 0.692. The zero-order chi connectivity index (χ0) is 15.6. The molecule has 5 nitrogen and oxygen atoms in total. The van der Waals surface area contributed by atoms with Gasteiger partial charge in [0.2, 0.25) is 0 Å². The first-order valence-corrected chi connectivity index (χ1v) is 7.56. The summed E-state index contributed by atoms with van der Waals surface area (Å²) in [5.74, 6) is 0.843. The SMILES string of the molecule is CC(O)c1ccc(Oc2cc([N+](=O)[O-])ccc2Br)c(Br)c1. The summed E-state index contributed by atoms with van der Waals surface area (Å²) < 4.78 is 6.95. The van der Waals surface area contributed by atoms with Crippen LogP contribution in [0.3, 0.4) is 0 Å². The molecule has 1 unspecified atom stereocenters. The first-order chi connectivity index (χ1) is 9.88. The Morgan fingerprint density at radius 2 is 1.86 bits per heavy atom. The van der Waals surface area contributed by atoms with E-state index in [4.69, 9.17) is 4.74 Å². The maximum absolute atomic E-state index is 10.8. The Morgan fingerprint density at radius 3 is 2.43 bits per heavy atom. The summed E-state index contributed by atoms with van der Waals surface area (Å²) in [6, 6.07) is 9.46. The van der Waals surface area contributed by atoms with E-state index in [2.05, 4.69) is 31.9 Å². The van der Waals surface area contributed by atoms with Gasteiger partial charge in [0.1, 0.15) is 11.5 Å². The van der Waals surface area contributed by atoms with Crippen LogP contribution >= 0.6 is 31.9 Å². The molecular weight excluding hydrogens is 406 g/mol. The highest BCUT2D eigenvalue weighted by molar-refractivity contribution is 9.11. The van der Waals surface area contributed by atoms with Crippen molar-refractivity contribution in [3.8, 4) is 11.5 Å². The van der Waals surface area contributed by atoms with Crippen molar-refractivity contribution in [2.75, 3.05) is 0 Å². The number of nitrogens with zero attached hydrogens (tertiary/aromatic N) is 1. The molecule has 0 heterocycles. The molecule has 0 spiro atoms. The molecule has 0 amide bonds. The molecule has 0 aliphatic carbocycles. The van der Waals surface area contributed by atoms with E-state index in [0.29, 0.717) is 20.4 Å². The molecule has 21 heavy (non-hydrogen) atoms. The minimum Gasteiger partial charge on any atom is -0.455 e. The van der Waals surface area contributed by atoms with Gasteiger partial charge in [-0.15, -0.1) is 0 Å². The first-order valence-electron chi connectivity index (χ1n) is 5.98. The number of hydrogen-bond donors (Lipinski definition) is 1. The van der Waals surface area contributed by atoms with Crippen molar-refractivity contribution in [1.82, 2.24) is 0 Å². The lowest BCUT2D eigenvalue weighted by atomic mass is 10.1. The number of halogens is 2. The quantitative estimate of drug-likeness (QED) is 0.564. The van der Waals surface area contributed by atoms with Gasteiger partial charge in [0.05, 0.1) is 26.0 Å². The molecule has 0 bridgehead atoms. The minimum absolute atomic E-state index is 0.0510. The molecule has 0 fully saturated rings.